The van der Waals surface area contributed by atoms with Crippen LogP contribution in [0.25, 0.3) is 0 Å². The molecule has 1 atom stereocenters. The molecule has 0 aliphatic heterocycles. The molecule has 0 saturated heterocycles. The molecular weight excluding hydrogens is 266 g/mol. The van der Waals surface area contributed by atoms with E-state index in [-0.39, 0.29) is 0 Å². The molecule has 0 saturated carbocycles. The molecule has 1 amide bonds. The van der Waals surface area contributed by atoms with Crippen molar-refractivity contribution in [3.63, 3.8) is 0 Å². The van der Waals surface area contributed by atoms with Crippen LogP contribution in [-0.4, -0.2) is 5.91 Å². The molecule has 1 aromatic heterocycles. The minimum Gasteiger partial charge on any atom is -0.464 e. The van der Waals surface area contributed by atoms with E-state index in [4.69, 9.17) is 10.2 Å². The molecule has 1 aromatic carbocycles. The van der Waals surface area contributed by atoms with Gasteiger partial charge in [0, 0.05) is 0 Å². The molecule has 0 radical (unpaired) electrons. The van der Waals surface area contributed by atoms with Crippen molar-refractivity contribution in [1.82, 2.24) is 5.32 Å². The predicted molar refractivity (Wildman–Crippen MR) is 70.1 cm³/mol. The Morgan fingerprint density at radius 2 is 2.05 bits per heavy atom. The number of rotatable bonds is 3. The van der Waals surface area contributed by atoms with Gasteiger partial charge in [-0.3, -0.25) is 4.79 Å². The van der Waals surface area contributed by atoms with Gasteiger partial charge >= 0.3 is 0 Å². The van der Waals surface area contributed by atoms with Crippen molar-refractivity contribution in [2.75, 3.05) is 5.73 Å². The van der Waals surface area contributed by atoms with Gasteiger partial charge in [-0.15, -0.1) is 0 Å². The second kappa shape index (κ2) is 5.32. The monoisotopic (exact) mass is 280 g/mol. The third kappa shape index (κ3) is 2.79. The molecule has 106 valence electrons. The van der Waals surface area contributed by atoms with Crippen LogP contribution in [0.15, 0.2) is 28.7 Å². The average molecular weight is 280 g/mol. The smallest absolute Gasteiger partial charge is 0.255 e. The SMILES string of the molecule is Cc1ccc(C(C)NC(=O)c2cc(F)cc(N)c2F)o1. The van der Waals surface area contributed by atoms with Gasteiger partial charge in [0.15, 0.2) is 5.82 Å². The lowest BCUT2D eigenvalue weighted by Gasteiger charge is -2.12. The lowest BCUT2D eigenvalue weighted by atomic mass is 10.1. The molecule has 0 fully saturated rings. The largest absolute Gasteiger partial charge is 0.464 e. The second-order valence-corrected chi connectivity index (χ2v) is 4.50. The Balaban J connectivity index is 2.20. The fourth-order valence-corrected chi connectivity index (χ4v) is 1.81. The molecule has 0 aliphatic carbocycles. The summed E-state index contributed by atoms with van der Waals surface area (Å²) < 4.78 is 32.3. The highest BCUT2D eigenvalue weighted by atomic mass is 19.1. The molecule has 2 rings (SSSR count). The van der Waals surface area contributed by atoms with E-state index in [1.165, 1.54) is 0 Å². The van der Waals surface area contributed by atoms with Gasteiger partial charge in [0.05, 0.1) is 17.3 Å². The summed E-state index contributed by atoms with van der Waals surface area (Å²) in [4.78, 5) is 11.9. The lowest BCUT2D eigenvalue weighted by molar-refractivity contribution is 0.0930. The Morgan fingerprint density at radius 3 is 2.65 bits per heavy atom. The number of benzene rings is 1. The molecule has 2 aromatic rings. The molecule has 20 heavy (non-hydrogen) atoms. The van der Waals surface area contributed by atoms with Crippen LogP contribution < -0.4 is 11.1 Å². The number of amides is 1. The zero-order chi connectivity index (χ0) is 14.9. The van der Waals surface area contributed by atoms with Gasteiger partial charge in [0.1, 0.15) is 17.3 Å². The van der Waals surface area contributed by atoms with Crippen molar-refractivity contribution in [2.24, 2.45) is 0 Å². The average Bonchev–Trinajstić information content (AvgIpc) is 2.80. The molecule has 3 N–H and O–H groups in total. The molecule has 6 heteroatoms. The molecule has 1 heterocycles. The first kappa shape index (κ1) is 14.0. The number of hydrogen-bond acceptors (Lipinski definition) is 3. The summed E-state index contributed by atoms with van der Waals surface area (Å²) in [5.74, 6) is -1.24. The number of nitrogens with one attached hydrogen (secondary N) is 1. The van der Waals surface area contributed by atoms with Crippen LogP contribution in [-0.2, 0) is 0 Å². The first-order valence-electron chi connectivity index (χ1n) is 6.00. The number of hydrogen-bond donors (Lipinski definition) is 2. The van der Waals surface area contributed by atoms with Crippen LogP contribution in [0.1, 0.15) is 34.8 Å². The van der Waals surface area contributed by atoms with E-state index in [0.717, 1.165) is 12.1 Å². The lowest BCUT2D eigenvalue weighted by Crippen LogP contribution is -2.27. The summed E-state index contributed by atoms with van der Waals surface area (Å²) in [7, 11) is 0. The number of halogens is 2. The van der Waals surface area contributed by atoms with Crippen molar-refractivity contribution in [1.29, 1.82) is 0 Å². The highest BCUT2D eigenvalue weighted by Gasteiger charge is 2.19. The quantitative estimate of drug-likeness (QED) is 0.849. The molecule has 1 unspecified atom stereocenters. The highest BCUT2D eigenvalue weighted by molar-refractivity contribution is 5.95. The third-order valence-electron chi connectivity index (χ3n) is 2.85. The van der Waals surface area contributed by atoms with Gasteiger partial charge in [0.2, 0.25) is 0 Å². The minimum atomic E-state index is -0.938. The van der Waals surface area contributed by atoms with E-state index in [9.17, 15) is 13.6 Å². The highest BCUT2D eigenvalue weighted by Crippen LogP contribution is 2.20. The summed E-state index contributed by atoms with van der Waals surface area (Å²) in [5.41, 5.74) is 4.45. The van der Waals surface area contributed by atoms with E-state index >= 15 is 0 Å². The van der Waals surface area contributed by atoms with E-state index in [1.807, 2.05) is 0 Å². The van der Waals surface area contributed by atoms with Crippen LogP contribution >= 0.6 is 0 Å². The standard InChI is InChI=1S/C14H14F2N2O2/c1-7-3-4-12(20-7)8(2)18-14(19)10-5-9(15)6-11(17)13(10)16/h3-6,8H,17H2,1-2H3,(H,18,19). The normalized spacial score (nSPS) is 12.2. The van der Waals surface area contributed by atoms with Crippen LogP contribution in [0.2, 0.25) is 0 Å². The number of aryl methyl sites for hydroxylation is 1. The molecule has 0 aliphatic rings. The first-order valence-corrected chi connectivity index (χ1v) is 6.00. The third-order valence-corrected chi connectivity index (χ3v) is 2.85. The van der Waals surface area contributed by atoms with E-state index < -0.39 is 34.8 Å². The van der Waals surface area contributed by atoms with Gasteiger partial charge in [-0.2, -0.15) is 0 Å². The molecule has 0 spiro atoms. The predicted octanol–water partition coefficient (Wildman–Crippen LogP) is 2.94. The van der Waals surface area contributed by atoms with Crippen LogP contribution in [0, 0.1) is 18.6 Å². The Morgan fingerprint density at radius 1 is 1.35 bits per heavy atom. The fraction of sp³-hybridized carbons (Fsp3) is 0.214. The number of carbonyl (C=O) groups excluding carboxylic acids is 1. The van der Waals surface area contributed by atoms with Crippen molar-refractivity contribution < 1.29 is 18.0 Å². The van der Waals surface area contributed by atoms with Crippen LogP contribution in [0.4, 0.5) is 14.5 Å². The number of nitrogen functional groups attached to an aromatic ring is 1. The van der Waals surface area contributed by atoms with Crippen molar-refractivity contribution in [3.05, 3.63) is 53.0 Å². The topological polar surface area (TPSA) is 68.3 Å². The number of anilines is 1. The summed E-state index contributed by atoms with van der Waals surface area (Å²) in [6.45, 7) is 3.45. The van der Waals surface area contributed by atoms with E-state index in [2.05, 4.69) is 5.32 Å². The van der Waals surface area contributed by atoms with Gasteiger partial charge < -0.3 is 15.5 Å². The van der Waals surface area contributed by atoms with Crippen molar-refractivity contribution in [3.8, 4) is 0 Å². The molecule has 0 bridgehead atoms. The van der Waals surface area contributed by atoms with Gasteiger partial charge in [-0.1, -0.05) is 0 Å². The maximum Gasteiger partial charge on any atom is 0.255 e. The first-order chi connectivity index (χ1) is 9.38. The second-order valence-electron chi connectivity index (χ2n) is 4.50. The van der Waals surface area contributed by atoms with Crippen molar-refractivity contribution >= 4 is 11.6 Å². The summed E-state index contributed by atoms with van der Waals surface area (Å²) >= 11 is 0. The Bertz CT molecular complexity index is 653. The Hall–Kier alpha value is -2.37. The summed E-state index contributed by atoms with van der Waals surface area (Å²) in [6, 6.07) is 4.61. The van der Waals surface area contributed by atoms with E-state index in [0.29, 0.717) is 11.5 Å². The maximum absolute atomic E-state index is 13.7. The van der Waals surface area contributed by atoms with Crippen LogP contribution in [0.3, 0.4) is 0 Å². The van der Waals surface area contributed by atoms with Crippen molar-refractivity contribution in [2.45, 2.75) is 19.9 Å². The minimum absolute atomic E-state index is 0.406. The molecule has 4 nitrogen and oxygen atoms in total. The Kier molecular flexibility index (Phi) is 3.74. The van der Waals surface area contributed by atoms with Gasteiger partial charge in [0.25, 0.3) is 5.91 Å². The van der Waals surface area contributed by atoms with Gasteiger partial charge in [-0.25, -0.2) is 8.78 Å². The number of carbonyl (C=O) groups is 1. The zero-order valence-corrected chi connectivity index (χ0v) is 11.0. The number of nitrogens with two attached hydrogens (primary N) is 1. The molecular formula is C14H14F2N2O2. The maximum atomic E-state index is 13.7. The Labute approximate surface area is 114 Å². The fourth-order valence-electron chi connectivity index (χ4n) is 1.81. The number of furan rings is 1. The van der Waals surface area contributed by atoms with E-state index in [1.54, 1.807) is 26.0 Å². The summed E-state index contributed by atoms with van der Waals surface area (Å²) in [6.07, 6.45) is 0. The van der Waals surface area contributed by atoms with Gasteiger partial charge in [-0.05, 0) is 38.1 Å². The van der Waals surface area contributed by atoms with Crippen LogP contribution in [0.5, 0.6) is 0 Å². The zero-order valence-electron chi connectivity index (χ0n) is 11.0. The summed E-state index contributed by atoms with van der Waals surface area (Å²) in [5, 5.41) is 2.53.